The van der Waals surface area contributed by atoms with Gasteiger partial charge in [-0.05, 0) is 23.8 Å². The van der Waals surface area contributed by atoms with E-state index in [1.165, 1.54) is 12.1 Å². The number of hydrogen-bond donors (Lipinski definition) is 0. The van der Waals surface area contributed by atoms with Crippen LogP contribution in [0.5, 0.6) is 0 Å². The molecule has 0 aliphatic rings. The van der Waals surface area contributed by atoms with Crippen LogP contribution in [-0.4, -0.2) is 4.92 Å². The average molecular weight is 280 g/mol. The predicted molar refractivity (Wildman–Crippen MR) is 74.1 cm³/mol. The van der Waals surface area contributed by atoms with Gasteiger partial charge < -0.3 is 0 Å². The van der Waals surface area contributed by atoms with Gasteiger partial charge in [-0.2, -0.15) is 0 Å². The maximum Gasteiger partial charge on any atom is 0.269 e. The number of halogens is 1. The number of thioether (sulfide) groups is 1. The Hall–Kier alpha value is -1.52. The van der Waals surface area contributed by atoms with Gasteiger partial charge in [-0.3, -0.25) is 10.1 Å². The summed E-state index contributed by atoms with van der Waals surface area (Å²) in [5, 5.41) is 11.3. The molecule has 0 aromatic heterocycles. The lowest BCUT2D eigenvalue weighted by Crippen LogP contribution is -1.90. The first-order valence-electron chi connectivity index (χ1n) is 5.27. The van der Waals surface area contributed by atoms with E-state index in [-0.39, 0.29) is 5.69 Å². The molecule has 0 radical (unpaired) electrons. The van der Waals surface area contributed by atoms with Crippen LogP contribution < -0.4 is 0 Å². The highest BCUT2D eigenvalue weighted by Crippen LogP contribution is 2.29. The average Bonchev–Trinajstić information content (AvgIpc) is 2.38. The molecule has 0 spiro atoms. The molecular formula is C13H10ClNO2S. The van der Waals surface area contributed by atoms with Gasteiger partial charge in [0, 0.05) is 27.8 Å². The molecule has 0 N–H and O–H groups in total. The van der Waals surface area contributed by atoms with Crippen molar-refractivity contribution in [1.82, 2.24) is 0 Å². The van der Waals surface area contributed by atoms with E-state index in [0.717, 1.165) is 10.5 Å². The Kier molecular flexibility index (Phi) is 4.23. The minimum absolute atomic E-state index is 0.0723. The number of nitro benzene ring substituents is 1. The van der Waals surface area contributed by atoms with E-state index in [9.17, 15) is 10.1 Å². The highest BCUT2D eigenvalue weighted by molar-refractivity contribution is 7.98. The summed E-state index contributed by atoms with van der Waals surface area (Å²) in [5.74, 6) is 0.616. The molecule has 2 aromatic rings. The van der Waals surface area contributed by atoms with Crippen molar-refractivity contribution in [2.24, 2.45) is 0 Å². The lowest BCUT2D eigenvalue weighted by Gasteiger charge is -2.04. The number of benzene rings is 2. The van der Waals surface area contributed by atoms with E-state index in [2.05, 4.69) is 0 Å². The fraction of sp³-hybridized carbons (Fsp3) is 0.0769. The van der Waals surface area contributed by atoms with Crippen LogP contribution in [0.15, 0.2) is 53.4 Å². The van der Waals surface area contributed by atoms with Crippen molar-refractivity contribution in [2.45, 2.75) is 10.6 Å². The Morgan fingerprint density at radius 1 is 1.17 bits per heavy atom. The molecule has 0 fully saturated rings. The molecule has 0 unspecified atom stereocenters. The van der Waals surface area contributed by atoms with Crippen LogP contribution in [0.4, 0.5) is 5.69 Å². The first-order chi connectivity index (χ1) is 8.66. The van der Waals surface area contributed by atoms with Gasteiger partial charge in [0.1, 0.15) is 0 Å². The van der Waals surface area contributed by atoms with Gasteiger partial charge in [0.05, 0.1) is 4.92 Å². The maximum atomic E-state index is 10.7. The first-order valence-corrected chi connectivity index (χ1v) is 6.64. The normalized spacial score (nSPS) is 10.3. The smallest absolute Gasteiger partial charge is 0.258 e. The minimum atomic E-state index is -0.410. The Morgan fingerprint density at radius 2 is 1.89 bits per heavy atom. The molecule has 3 nitrogen and oxygen atoms in total. The number of nitro groups is 1. The summed E-state index contributed by atoms with van der Waals surface area (Å²) < 4.78 is 0. The summed E-state index contributed by atoms with van der Waals surface area (Å²) in [4.78, 5) is 11.4. The molecule has 0 amide bonds. The Bertz CT molecular complexity index is 560. The van der Waals surface area contributed by atoms with Gasteiger partial charge in [-0.25, -0.2) is 0 Å². The van der Waals surface area contributed by atoms with Gasteiger partial charge in [0.25, 0.3) is 5.69 Å². The second-order valence-corrected chi connectivity index (χ2v) is 5.09. The number of hydrogen-bond acceptors (Lipinski definition) is 3. The molecule has 0 aliphatic carbocycles. The summed E-state index contributed by atoms with van der Waals surface area (Å²) in [6, 6.07) is 14.4. The topological polar surface area (TPSA) is 43.1 Å². The Labute approximate surface area is 114 Å². The SMILES string of the molecule is O=[N+]([O-])c1ccc(Cl)c(CSc2ccccc2)c1. The van der Waals surface area contributed by atoms with E-state index in [0.29, 0.717) is 10.8 Å². The van der Waals surface area contributed by atoms with Crippen LogP contribution >= 0.6 is 23.4 Å². The molecule has 0 saturated carbocycles. The summed E-state index contributed by atoms with van der Waals surface area (Å²) in [6.45, 7) is 0. The molecule has 0 aliphatic heterocycles. The second kappa shape index (κ2) is 5.89. The summed E-state index contributed by atoms with van der Waals surface area (Å²) in [5.41, 5.74) is 0.850. The highest BCUT2D eigenvalue weighted by Gasteiger charge is 2.09. The Morgan fingerprint density at radius 3 is 2.56 bits per heavy atom. The van der Waals surface area contributed by atoms with Crippen molar-refractivity contribution in [2.75, 3.05) is 0 Å². The zero-order valence-corrected chi connectivity index (χ0v) is 10.9. The third kappa shape index (κ3) is 3.24. The van der Waals surface area contributed by atoms with E-state index < -0.39 is 4.92 Å². The monoisotopic (exact) mass is 279 g/mol. The highest BCUT2D eigenvalue weighted by atomic mass is 35.5. The van der Waals surface area contributed by atoms with Crippen LogP contribution in [0.2, 0.25) is 5.02 Å². The molecule has 5 heteroatoms. The van der Waals surface area contributed by atoms with Crippen molar-refractivity contribution in [3.63, 3.8) is 0 Å². The van der Waals surface area contributed by atoms with Crippen LogP contribution in [0, 0.1) is 10.1 Å². The third-order valence-corrected chi connectivity index (χ3v) is 3.81. The molecule has 0 bridgehead atoms. The standard InChI is InChI=1S/C13H10ClNO2S/c14-13-7-6-11(15(16)17)8-10(13)9-18-12-4-2-1-3-5-12/h1-8H,9H2. The quantitative estimate of drug-likeness (QED) is 0.469. The molecule has 18 heavy (non-hydrogen) atoms. The van der Waals surface area contributed by atoms with Crippen molar-refractivity contribution < 1.29 is 4.92 Å². The number of nitrogens with zero attached hydrogens (tertiary/aromatic N) is 1. The van der Waals surface area contributed by atoms with E-state index in [4.69, 9.17) is 11.6 Å². The fourth-order valence-corrected chi connectivity index (χ4v) is 2.64. The molecule has 2 rings (SSSR count). The molecule has 0 saturated heterocycles. The maximum absolute atomic E-state index is 10.7. The third-order valence-electron chi connectivity index (χ3n) is 2.38. The Balaban J connectivity index is 2.14. The van der Waals surface area contributed by atoms with Gasteiger partial charge >= 0.3 is 0 Å². The van der Waals surface area contributed by atoms with Crippen LogP contribution in [0.25, 0.3) is 0 Å². The predicted octanol–water partition coefficient (Wildman–Crippen LogP) is 4.54. The lowest BCUT2D eigenvalue weighted by molar-refractivity contribution is -0.384. The van der Waals surface area contributed by atoms with Crippen LogP contribution in [0.1, 0.15) is 5.56 Å². The molecular weight excluding hydrogens is 270 g/mol. The number of non-ortho nitro benzene ring substituents is 1. The first kappa shape index (κ1) is 12.9. The molecule has 2 aromatic carbocycles. The molecule has 0 atom stereocenters. The van der Waals surface area contributed by atoms with Gasteiger partial charge in [-0.1, -0.05) is 29.8 Å². The minimum Gasteiger partial charge on any atom is -0.258 e. The lowest BCUT2D eigenvalue weighted by atomic mass is 10.2. The summed E-state index contributed by atoms with van der Waals surface area (Å²) in [7, 11) is 0. The van der Waals surface area contributed by atoms with E-state index >= 15 is 0 Å². The zero-order chi connectivity index (χ0) is 13.0. The van der Waals surface area contributed by atoms with Gasteiger partial charge in [0.15, 0.2) is 0 Å². The largest absolute Gasteiger partial charge is 0.269 e. The van der Waals surface area contributed by atoms with E-state index in [1.54, 1.807) is 17.8 Å². The molecule has 0 heterocycles. The van der Waals surface area contributed by atoms with Gasteiger partial charge in [-0.15, -0.1) is 11.8 Å². The van der Waals surface area contributed by atoms with Gasteiger partial charge in [0.2, 0.25) is 0 Å². The van der Waals surface area contributed by atoms with Crippen LogP contribution in [0.3, 0.4) is 0 Å². The molecule has 92 valence electrons. The van der Waals surface area contributed by atoms with Crippen molar-refractivity contribution in [3.05, 3.63) is 69.2 Å². The van der Waals surface area contributed by atoms with Crippen molar-refractivity contribution in [1.29, 1.82) is 0 Å². The van der Waals surface area contributed by atoms with Crippen LogP contribution in [-0.2, 0) is 5.75 Å². The van der Waals surface area contributed by atoms with Crippen molar-refractivity contribution >= 4 is 29.1 Å². The second-order valence-electron chi connectivity index (χ2n) is 3.63. The van der Waals surface area contributed by atoms with E-state index in [1.807, 2.05) is 30.3 Å². The number of rotatable bonds is 4. The fourth-order valence-electron chi connectivity index (χ4n) is 1.46. The zero-order valence-electron chi connectivity index (χ0n) is 9.38. The summed E-state index contributed by atoms with van der Waals surface area (Å²) >= 11 is 7.63. The summed E-state index contributed by atoms with van der Waals surface area (Å²) in [6.07, 6.45) is 0. The van der Waals surface area contributed by atoms with Crippen molar-refractivity contribution in [3.8, 4) is 0 Å².